The van der Waals surface area contributed by atoms with Crippen molar-refractivity contribution in [3.05, 3.63) is 24.0 Å². The minimum absolute atomic E-state index is 0.0532. The summed E-state index contributed by atoms with van der Waals surface area (Å²) >= 11 is 0. The van der Waals surface area contributed by atoms with Gasteiger partial charge in [0.25, 0.3) is 0 Å². The van der Waals surface area contributed by atoms with Gasteiger partial charge in [0.2, 0.25) is 0 Å². The SMILES string of the molecule is Nc1ccncc1C(=O)CN1CCCNCC1. The first-order valence-corrected chi connectivity index (χ1v) is 5.93. The molecule has 0 spiro atoms. The Morgan fingerprint density at radius 2 is 2.35 bits per heavy atom. The molecule has 0 atom stereocenters. The van der Waals surface area contributed by atoms with Gasteiger partial charge < -0.3 is 11.1 Å². The summed E-state index contributed by atoms with van der Waals surface area (Å²) in [6.07, 6.45) is 4.23. The highest BCUT2D eigenvalue weighted by atomic mass is 16.1. The molecule has 0 unspecified atom stereocenters. The van der Waals surface area contributed by atoms with E-state index in [9.17, 15) is 4.79 Å². The lowest BCUT2D eigenvalue weighted by Gasteiger charge is -2.18. The Kier molecular flexibility index (Phi) is 4.06. The molecule has 1 saturated heterocycles. The van der Waals surface area contributed by atoms with Crippen LogP contribution in [0.5, 0.6) is 0 Å². The molecule has 3 N–H and O–H groups in total. The molecule has 2 heterocycles. The predicted octanol–water partition coefficient (Wildman–Crippen LogP) is 0.142. The van der Waals surface area contributed by atoms with Crippen molar-refractivity contribution in [3.8, 4) is 0 Å². The average Bonchev–Trinajstić information content (AvgIpc) is 2.58. The Hall–Kier alpha value is -1.46. The predicted molar refractivity (Wildman–Crippen MR) is 66.9 cm³/mol. The van der Waals surface area contributed by atoms with E-state index in [0.29, 0.717) is 17.8 Å². The fourth-order valence-electron chi connectivity index (χ4n) is 1.99. The molecule has 0 radical (unpaired) electrons. The second-order valence-corrected chi connectivity index (χ2v) is 4.27. The molecule has 1 fully saturated rings. The van der Waals surface area contributed by atoms with E-state index < -0.39 is 0 Å². The van der Waals surface area contributed by atoms with Gasteiger partial charge in [-0.05, 0) is 25.6 Å². The van der Waals surface area contributed by atoms with Crippen LogP contribution in [0.3, 0.4) is 0 Å². The van der Waals surface area contributed by atoms with Crippen LogP contribution in [0, 0.1) is 0 Å². The second-order valence-electron chi connectivity index (χ2n) is 4.27. The Morgan fingerprint density at radius 1 is 1.47 bits per heavy atom. The van der Waals surface area contributed by atoms with Crippen LogP contribution in [-0.4, -0.2) is 48.4 Å². The number of hydrogen-bond donors (Lipinski definition) is 2. The van der Waals surface area contributed by atoms with Gasteiger partial charge in [0, 0.05) is 31.2 Å². The summed E-state index contributed by atoms with van der Waals surface area (Å²) in [4.78, 5) is 18.2. The highest BCUT2D eigenvalue weighted by Crippen LogP contribution is 2.10. The molecule has 1 aliphatic heterocycles. The average molecular weight is 234 g/mol. The molecule has 0 bridgehead atoms. The van der Waals surface area contributed by atoms with E-state index in [-0.39, 0.29) is 5.78 Å². The molecular formula is C12H18N4O. The summed E-state index contributed by atoms with van der Waals surface area (Å²) in [6.45, 7) is 4.26. The number of aromatic nitrogens is 1. The number of hydrogen-bond acceptors (Lipinski definition) is 5. The number of ketones is 1. The van der Waals surface area contributed by atoms with Gasteiger partial charge >= 0.3 is 0 Å². The lowest BCUT2D eigenvalue weighted by molar-refractivity contribution is 0.0935. The van der Waals surface area contributed by atoms with Crippen LogP contribution >= 0.6 is 0 Å². The van der Waals surface area contributed by atoms with Crippen LogP contribution < -0.4 is 11.1 Å². The van der Waals surface area contributed by atoms with E-state index in [1.165, 1.54) is 0 Å². The molecule has 17 heavy (non-hydrogen) atoms. The standard InChI is InChI=1S/C12H18N4O/c13-11-2-4-15-8-10(11)12(17)9-16-6-1-3-14-5-7-16/h2,4,8,14H,1,3,5-7,9H2,(H2,13,15). The Bertz CT molecular complexity index is 386. The van der Waals surface area contributed by atoms with E-state index in [1.54, 1.807) is 18.5 Å². The van der Waals surface area contributed by atoms with Gasteiger partial charge in [0.15, 0.2) is 5.78 Å². The van der Waals surface area contributed by atoms with Gasteiger partial charge in [-0.1, -0.05) is 0 Å². The molecule has 5 heteroatoms. The van der Waals surface area contributed by atoms with Gasteiger partial charge in [0.05, 0.1) is 12.1 Å². The first kappa shape index (κ1) is 12.0. The van der Waals surface area contributed by atoms with Crippen molar-refractivity contribution in [1.82, 2.24) is 15.2 Å². The summed E-state index contributed by atoms with van der Waals surface area (Å²) in [6, 6.07) is 1.66. The topological polar surface area (TPSA) is 71.2 Å². The van der Waals surface area contributed by atoms with Crippen molar-refractivity contribution in [2.75, 3.05) is 38.5 Å². The highest BCUT2D eigenvalue weighted by Gasteiger charge is 2.15. The zero-order valence-corrected chi connectivity index (χ0v) is 9.85. The minimum Gasteiger partial charge on any atom is -0.398 e. The van der Waals surface area contributed by atoms with Crippen molar-refractivity contribution in [2.45, 2.75) is 6.42 Å². The number of anilines is 1. The number of nitrogens with zero attached hydrogens (tertiary/aromatic N) is 2. The number of rotatable bonds is 3. The first-order valence-electron chi connectivity index (χ1n) is 5.93. The highest BCUT2D eigenvalue weighted by molar-refractivity contribution is 6.01. The third kappa shape index (κ3) is 3.25. The summed E-state index contributed by atoms with van der Waals surface area (Å²) in [5.74, 6) is 0.0532. The van der Waals surface area contributed by atoms with E-state index in [2.05, 4.69) is 15.2 Å². The van der Waals surface area contributed by atoms with Gasteiger partial charge in [-0.3, -0.25) is 14.7 Å². The van der Waals surface area contributed by atoms with Crippen molar-refractivity contribution in [3.63, 3.8) is 0 Å². The van der Waals surface area contributed by atoms with E-state index in [0.717, 1.165) is 32.6 Å². The Morgan fingerprint density at radius 3 is 3.18 bits per heavy atom. The van der Waals surface area contributed by atoms with Gasteiger partial charge in [-0.25, -0.2) is 0 Å². The quantitative estimate of drug-likeness (QED) is 0.728. The Balaban J connectivity index is 1.98. The molecule has 0 aliphatic carbocycles. The molecule has 0 saturated carbocycles. The third-order valence-corrected chi connectivity index (χ3v) is 2.96. The van der Waals surface area contributed by atoms with Crippen LogP contribution in [0.2, 0.25) is 0 Å². The van der Waals surface area contributed by atoms with Crippen molar-refractivity contribution < 1.29 is 4.79 Å². The number of carbonyl (C=O) groups excluding carboxylic acids is 1. The fraction of sp³-hybridized carbons (Fsp3) is 0.500. The van der Waals surface area contributed by atoms with Crippen molar-refractivity contribution in [2.24, 2.45) is 0 Å². The van der Waals surface area contributed by atoms with Crippen LogP contribution in [0.25, 0.3) is 0 Å². The monoisotopic (exact) mass is 234 g/mol. The van der Waals surface area contributed by atoms with Gasteiger partial charge in [-0.15, -0.1) is 0 Å². The summed E-state index contributed by atoms with van der Waals surface area (Å²) in [7, 11) is 0. The summed E-state index contributed by atoms with van der Waals surface area (Å²) in [5, 5.41) is 3.31. The largest absolute Gasteiger partial charge is 0.398 e. The molecule has 0 aromatic carbocycles. The van der Waals surface area contributed by atoms with E-state index in [1.807, 2.05) is 0 Å². The Labute approximate surface area is 101 Å². The molecule has 2 rings (SSSR count). The molecule has 5 nitrogen and oxygen atoms in total. The third-order valence-electron chi connectivity index (χ3n) is 2.96. The number of pyridine rings is 1. The molecule has 92 valence electrons. The van der Waals surface area contributed by atoms with Gasteiger partial charge in [0.1, 0.15) is 0 Å². The normalized spacial score (nSPS) is 17.6. The van der Waals surface area contributed by atoms with E-state index >= 15 is 0 Å². The maximum absolute atomic E-state index is 12.1. The fourth-order valence-corrected chi connectivity index (χ4v) is 1.99. The van der Waals surface area contributed by atoms with E-state index in [4.69, 9.17) is 5.73 Å². The molecule has 1 aliphatic rings. The minimum atomic E-state index is 0.0532. The summed E-state index contributed by atoms with van der Waals surface area (Å²) in [5.41, 5.74) is 6.81. The van der Waals surface area contributed by atoms with Crippen molar-refractivity contribution in [1.29, 1.82) is 0 Å². The van der Waals surface area contributed by atoms with Crippen LogP contribution in [-0.2, 0) is 0 Å². The number of carbonyl (C=O) groups is 1. The van der Waals surface area contributed by atoms with Crippen molar-refractivity contribution >= 4 is 11.5 Å². The molecule has 1 aromatic heterocycles. The summed E-state index contributed by atoms with van der Waals surface area (Å²) < 4.78 is 0. The second kappa shape index (κ2) is 5.75. The number of nitrogen functional groups attached to an aromatic ring is 1. The number of nitrogens with one attached hydrogen (secondary N) is 1. The lowest BCUT2D eigenvalue weighted by atomic mass is 10.1. The lowest BCUT2D eigenvalue weighted by Crippen LogP contribution is -2.33. The molecule has 1 aromatic rings. The van der Waals surface area contributed by atoms with Gasteiger partial charge in [-0.2, -0.15) is 0 Å². The van der Waals surface area contributed by atoms with Crippen LogP contribution in [0.15, 0.2) is 18.5 Å². The number of nitrogens with two attached hydrogens (primary N) is 1. The van der Waals surface area contributed by atoms with Crippen LogP contribution in [0.1, 0.15) is 16.8 Å². The zero-order valence-electron chi connectivity index (χ0n) is 9.85. The first-order chi connectivity index (χ1) is 8.27. The zero-order chi connectivity index (χ0) is 12.1. The molecular weight excluding hydrogens is 216 g/mol. The number of Topliss-reactive ketones (excluding diaryl/α,β-unsaturated/α-hetero) is 1. The molecule has 0 amide bonds. The van der Waals surface area contributed by atoms with Crippen LogP contribution in [0.4, 0.5) is 5.69 Å². The maximum Gasteiger partial charge on any atom is 0.180 e. The maximum atomic E-state index is 12.1. The smallest absolute Gasteiger partial charge is 0.180 e.